The minimum Gasteiger partial charge on any atom is -0.362 e. The van der Waals surface area contributed by atoms with Gasteiger partial charge in [-0.05, 0) is 62.1 Å². The van der Waals surface area contributed by atoms with E-state index in [2.05, 4.69) is 4.90 Å². The highest BCUT2D eigenvalue weighted by Gasteiger charge is 2.42. The Morgan fingerprint density at radius 2 is 1.82 bits per heavy atom. The van der Waals surface area contributed by atoms with Crippen molar-refractivity contribution in [3.63, 3.8) is 0 Å². The molecule has 0 spiro atoms. The second kappa shape index (κ2) is 9.24. The number of aryl methyl sites for hydroxylation is 1. The summed E-state index contributed by atoms with van der Waals surface area (Å²) in [6, 6.07) is 9.29. The number of halogens is 2. The first-order valence-corrected chi connectivity index (χ1v) is 13.0. The lowest BCUT2D eigenvalue weighted by Crippen LogP contribution is -2.55. The molecule has 4 rings (SSSR count). The van der Waals surface area contributed by atoms with Gasteiger partial charge in [-0.2, -0.15) is 0 Å². The summed E-state index contributed by atoms with van der Waals surface area (Å²) >= 11 is 6.13. The lowest BCUT2D eigenvalue weighted by molar-refractivity contribution is 0.0718. The second-order valence-electron chi connectivity index (χ2n) is 8.90. The highest BCUT2D eigenvalue weighted by atomic mass is 35.5. The summed E-state index contributed by atoms with van der Waals surface area (Å²) in [4.78, 5) is 17.4. The van der Waals surface area contributed by atoms with Crippen molar-refractivity contribution in [1.29, 1.82) is 0 Å². The van der Waals surface area contributed by atoms with Crippen LogP contribution in [-0.4, -0.2) is 62.3 Å². The number of fused-ring (bicyclic) bond motifs is 2. The summed E-state index contributed by atoms with van der Waals surface area (Å²) in [5, 5.41) is 0.111. The van der Waals surface area contributed by atoms with Gasteiger partial charge in [0.2, 0.25) is 10.0 Å². The van der Waals surface area contributed by atoms with Gasteiger partial charge >= 0.3 is 0 Å². The Kier molecular flexibility index (Phi) is 6.71. The minimum atomic E-state index is -3.57. The molecule has 2 atom stereocenters. The first-order chi connectivity index (χ1) is 15.6. The zero-order chi connectivity index (χ0) is 23.9. The molecule has 2 aliphatic heterocycles. The van der Waals surface area contributed by atoms with Gasteiger partial charge in [0.1, 0.15) is 5.82 Å². The van der Waals surface area contributed by atoms with Crippen LogP contribution in [0.2, 0.25) is 5.02 Å². The fourth-order valence-corrected chi connectivity index (χ4v) is 6.47. The van der Waals surface area contributed by atoms with Crippen LogP contribution in [-0.2, 0) is 10.0 Å². The standard InChI is InChI=1S/C24H29ClFN3O3S/c1-4-11-27(3)33(31,32)20-9-5-16(2)23(13-20)29-18-7-8-19(29)15-28(14-18)24(30)21-10-6-17(26)12-22(21)25/h5-6,9-10,12-13,18-19H,4,7-8,11,14-15H2,1-3H3/t18-,19+. The van der Waals surface area contributed by atoms with Crippen LogP contribution in [0.15, 0.2) is 41.3 Å². The molecule has 2 fully saturated rings. The number of nitrogens with zero attached hydrogens (tertiary/aromatic N) is 3. The van der Waals surface area contributed by atoms with Crippen LogP contribution in [0, 0.1) is 12.7 Å². The topological polar surface area (TPSA) is 60.9 Å². The largest absolute Gasteiger partial charge is 0.362 e. The highest BCUT2D eigenvalue weighted by Crippen LogP contribution is 2.38. The van der Waals surface area contributed by atoms with E-state index in [0.29, 0.717) is 25.2 Å². The summed E-state index contributed by atoms with van der Waals surface area (Å²) in [5.41, 5.74) is 2.21. The Bertz CT molecular complexity index is 1160. The molecule has 0 aliphatic carbocycles. The van der Waals surface area contributed by atoms with E-state index >= 15 is 0 Å². The van der Waals surface area contributed by atoms with E-state index in [1.165, 1.54) is 16.4 Å². The number of rotatable bonds is 6. The van der Waals surface area contributed by atoms with Crippen LogP contribution in [0.25, 0.3) is 0 Å². The van der Waals surface area contributed by atoms with Crippen LogP contribution in [0.4, 0.5) is 10.1 Å². The maximum absolute atomic E-state index is 13.4. The van der Waals surface area contributed by atoms with Crippen molar-refractivity contribution in [2.45, 2.75) is 50.1 Å². The first kappa shape index (κ1) is 24.0. The number of hydrogen-bond acceptors (Lipinski definition) is 4. The second-order valence-corrected chi connectivity index (χ2v) is 11.4. The zero-order valence-electron chi connectivity index (χ0n) is 19.1. The van der Waals surface area contributed by atoms with Gasteiger partial charge in [-0.15, -0.1) is 0 Å². The Morgan fingerprint density at radius 3 is 2.42 bits per heavy atom. The first-order valence-electron chi connectivity index (χ1n) is 11.2. The SMILES string of the molecule is CCCN(C)S(=O)(=O)c1ccc(C)c(N2[C@@H]3CC[C@H]2CN(C(=O)c2ccc(F)cc2Cl)C3)c1. The normalized spacial score (nSPS) is 20.5. The molecule has 6 nitrogen and oxygen atoms in total. The van der Waals surface area contributed by atoms with Crippen molar-refractivity contribution < 1.29 is 17.6 Å². The van der Waals surface area contributed by atoms with Gasteiger partial charge in [0, 0.05) is 44.5 Å². The smallest absolute Gasteiger partial charge is 0.255 e. The van der Waals surface area contributed by atoms with E-state index < -0.39 is 15.8 Å². The van der Waals surface area contributed by atoms with Crippen molar-refractivity contribution in [3.05, 3.63) is 58.4 Å². The molecule has 0 N–H and O–H groups in total. The Hall–Kier alpha value is -2.16. The van der Waals surface area contributed by atoms with Crippen LogP contribution in [0.1, 0.15) is 42.1 Å². The third-order valence-electron chi connectivity index (χ3n) is 6.64. The van der Waals surface area contributed by atoms with Crippen molar-refractivity contribution >= 4 is 33.2 Å². The summed E-state index contributed by atoms with van der Waals surface area (Å²) in [6.07, 6.45) is 2.57. The van der Waals surface area contributed by atoms with Gasteiger partial charge in [-0.1, -0.05) is 24.6 Å². The van der Waals surface area contributed by atoms with E-state index in [9.17, 15) is 17.6 Å². The quantitative estimate of drug-likeness (QED) is 0.601. The van der Waals surface area contributed by atoms with Gasteiger partial charge in [0.05, 0.1) is 15.5 Å². The number of piperazine rings is 1. The molecule has 0 unspecified atom stereocenters. The predicted octanol–water partition coefficient (Wildman–Crippen LogP) is 4.31. The summed E-state index contributed by atoms with van der Waals surface area (Å²) in [7, 11) is -1.96. The van der Waals surface area contributed by atoms with Gasteiger partial charge in [-0.25, -0.2) is 17.1 Å². The number of carbonyl (C=O) groups is 1. The Balaban J connectivity index is 1.60. The van der Waals surface area contributed by atoms with E-state index in [1.807, 2.05) is 19.9 Å². The minimum absolute atomic E-state index is 0.0805. The number of amides is 1. The fraction of sp³-hybridized carbons (Fsp3) is 0.458. The van der Waals surface area contributed by atoms with E-state index in [4.69, 9.17) is 11.6 Å². The van der Waals surface area contributed by atoms with Crippen molar-refractivity contribution in [2.75, 3.05) is 31.6 Å². The van der Waals surface area contributed by atoms with Gasteiger partial charge in [0.15, 0.2) is 0 Å². The molecule has 33 heavy (non-hydrogen) atoms. The molecule has 2 bridgehead atoms. The maximum atomic E-state index is 13.4. The Labute approximate surface area is 200 Å². The Morgan fingerprint density at radius 1 is 1.15 bits per heavy atom. The van der Waals surface area contributed by atoms with Crippen LogP contribution in [0.5, 0.6) is 0 Å². The molecule has 2 aliphatic rings. The van der Waals surface area contributed by atoms with Crippen LogP contribution < -0.4 is 4.90 Å². The molecule has 0 aromatic heterocycles. The van der Waals surface area contributed by atoms with Crippen molar-refractivity contribution in [3.8, 4) is 0 Å². The number of likely N-dealkylation sites (tertiary alicyclic amines) is 1. The molecule has 178 valence electrons. The highest BCUT2D eigenvalue weighted by molar-refractivity contribution is 7.89. The number of anilines is 1. The summed E-state index contributed by atoms with van der Waals surface area (Å²) in [5.74, 6) is -0.679. The lowest BCUT2D eigenvalue weighted by Gasteiger charge is -2.43. The lowest BCUT2D eigenvalue weighted by atomic mass is 10.1. The van der Waals surface area contributed by atoms with Crippen molar-refractivity contribution in [2.24, 2.45) is 0 Å². The monoisotopic (exact) mass is 493 g/mol. The molecule has 0 saturated carbocycles. The average molecular weight is 494 g/mol. The molecular weight excluding hydrogens is 465 g/mol. The molecule has 2 saturated heterocycles. The number of hydrogen-bond donors (Lipinski definition) is 0. The molecule has 9 heteroatoms. The maximum Gasteiger partial charge on any atom is 0.255 e. The third kappa shape index (κ3) is 4.48. The molecule has 0 radical (unpaired) electrons. The van der Waals surface area contributed by atoms with Gasteiger partial charge in [0.25, 0.3) is 5.91 Å². The van der Waals surface area contributed by atoms with Crippen LogP contribution >= 0.6 is 11.6 Å². The average Bonchev–Trinajstić information content (AvgIpc) is 3.02. The van der Waals surface area contributed by atoms with Gasteiger partial charge < -0.3 is 9.80 Å². The molecule has 1 amide bonds. The third-order valence-corrected chi connectivity index (χ3v) is 8.80. The molecule has 2 heterocycles. The number of sulfonamides is 1. The van der Waals surface area contributed by atoms with E-state index in [0.717, 1.165) is 36.6 Å². The summed E-state index contributed by atoms with van der Waals surface area (Å²) in [6.45, 7) is 5.41. The summed E-state index contributed by atoms with van der Waals surface area (Å²) < 4.78 is 40.8. The predicted molar refractivity (Wildman–Crippen MR) is 128 cm³/mol. The van der Waals surface area contributed by atoms with Crippen molar-refractivity contribution in [1.82, 2.24) is 9.21 Å². The van der Waals surface area contributed by atoms with Crippen LogP contribution in [0.3, 0.4) is 0 Å². The number of carbonyl (C=O) groups excluding carboxylic acids is 1. The molecule has 2 aromatic rings. The zero-order valence-corrected chi connectivity index (χ0v) is 20.7. The molecule has 2 aromatic carbocycles. The van der Waals surface area contributed by atoms with Gasteiger partial charge in [-0.3, -0.25) is 4.79 Å². The fourth-order valence-electron chi connectivity index (χ4n) is 4.94. The molecular formula is C24H29ClFN3O3S. The van der Waals surface area contributed by atoms with E-state index in [-0.39, 0.29) is 27.9 Å². The number of benzene rings is 2. The van der Waals surface area contributed by atoms with E-state index in [1.54, 1.807) is 24.1 Å².